The van der Waals surface area contributed by atoms with E-state index < -0.39 is 12.2 Å². The van der Waals surface area contributed by atoms with E-state index in [9.17, 15) is 20.1 Å². The number of rotatable bonds is 41. The Morgan fingerprint density at radius 2 is 0.870 bits per heavy atom. The summed E-state index contributed by atoms with van der Waals surface area (Å²) in [7, 11) is 0. The molecule has 54 heavy (non-hydrogen) atoms. The van der Waals surface area contributed by atoms with Gasteiger partial charge in [-0.25, -0.2) is 0 Å². The van der Waals surface area contributed by atoms with Crippen LogP contribution >= 0.6 is 0 Å². The summed E-state index contributed by atoms with van der Waals surface area (Å²) in [5, 5.41) is 37.9. The Bertz CT molecular complexity index is 755. The number of carbonyl (C=O) groups is 2. The lowest BCUT2D eigenvalue weighted by atomic mass is 9.89. The zero-order chi connectivity index (χ0) is 40.3. The first-order valence-corrected chi connectivity index (χ1v) is 23.2. The largest absolute Gasteiger partial charge is 0.483 e. The minimum Gasteiger partial charge on any atom is -0.483 e. The summed E-state index contributed by atoms with van der Waals surface area (Å²) in [6.07, 6.45) is 36.0. The van der Waals surface area contributed by atoms with Crippen LogP contribution in [0.1, 0.15) is 227 Å². The van der Waals surface area contributed by atoms with Crippen LogP contribution in [0.2, 0.25) is 0 Å². The second-order valence-electron chi connectivity index (χ2n) is 16.3. The molecule has 8 heteroatoms. The smallest absolute Gasteiger partial charge is 0.305 e. The zero-order valence-corrected chi connectivity index (χ0v) is 36.3. The first-order chi connectivity index (χ1) is 26.3. The van der Waals surface area contributed by atoms with Gasteiger partial charge in [0.2, 0.25) is 0 Å². The second kappa shape index (κ2) is 44.5. The third-order valence-electron chi connectivity index (χ3n) is 11.1. The molecule has 0 aliphatic carbocycles. The number of carboxylic acid groups (broad SMARTS) is 1. The molecular weight excluding hydrogens is 679 g/mol. The molecule has 8 nitrogen and oxygen atoms in total. The molecule has 0 rings (SSSR count). The van der Waals surface area contributed by atoms with Crippen LogP contribution in [0.5, 0.6) is 0 Å². The number of ether oxygens (including phenoxy) is 1. The summed E-state index contributed by atoms with van der Waals surface area (Å²) in [6.45, 7) is 10.8. The number of carbonyl (C=O) groups excluding carboxylic acids is 1. The van der Waals surface area contributed by atoms with Crippen LogP contribution in [-0.4, -0.2) is 82.8 Å². The summed E-state index contributed by atoms with van der Waals surface area (Å²) in [6, 6.07) is 0. The van der Waals surface area contributed by atoms with Crippen LogP contribution in [0, 0.1) is 11.8 Å². The molecule has 4 atom stereocenters. The van der Waals surface area contributed by atoms with Crippen molar-refractivity contribution in [2.45, 2.75) is 239 Å². The van der Waals surface area contributed by atoms with Crippen molar-refractivity contribution in [1.29, 1.82) is 0 Å². The average Bonchev–Trinajstić information content (AvgIpc) is 3.14. The number of aliphatic hydroxyl groups excluding tert-OH is 3. The van der Waals surface area contributed by atoms with Crippen molar-refractivity contribution in [3.05, 3.63) is 0 Å². The quantitative estimate of drug-likeness (QED) is 0.0275. The first kappa shape index (κ1) is 54.9. The van der Waals surface area contributed by atoms with Gasteiger partial charge >= 0.3 is 5.97 Å². The van der Waals surface area contributed by atoms with Gasteiger partial charge in [-0.15, -0.1) is 0 Å². The fourth-order valence-corrected chi connectivity index (χ4v) is 7.71. The number of hydrogen-bond acceptors (Lipinski definition) is 7. The van der Waals surface area contributed by atoms with Crippen molar-refractivity contribution in [2.75, 3.05) is 32.8 Å². The van der Waals surface area contributed by atoms with Crippen molar-refractivity contribution in [3.63, 3.8) is 0 Å². The molecule has 0 aliphatic heterocycles. The van der Waals surface area contributed by atoms with E-state index in [0.29, 0.717) is 51.4 Å². The highest BCUT2D eigenvalue weighted by molar-refractivity contribution is 5.69. The Morgan fingerprint density at radius 1 is 0.537 bits per heavy atom. The van der Waals surface area contributed by atoms with Gasteiger partial charge in [0.1, 0.15) is 0 Å². The van der Waals surface area contributed by atoms with Crippen LogP contribution in [0.25, 0.3) is 0 Å². The summed E-state index contributed by atoms with van der Waals surface area (Å²) >= 11 is 0. The van der Waals surface area contributed by atoms with Crippen molar-refractivity contribution in [1.82, 2.24) is 4.90 Å². The summed E-state index contributed by atoms with van der Waals surface area (Å²) < 4.78 is 5.61. The molecule has 0 spiro atoms. The summed E-state index contributed by atoms with van der Waals surface area (Å²) in [4.78, 5) is 22.7. The van der Waals surface area contributed by atoms with E-state index >= 15 is 0 Å². The lowest BCUT2D eigenvalue weighted by Crippen LogP contribution is -2.39. The first-order valence-electron chi connectivity index (χ1n) is 23.2. The maximum atomic E-state index is 12.4. The molecule has 324 valence electrons. The minimum absolute atomic E-state index is 0.0155. The van der Waals surface area contributed by atoms with E-state index in [1.807, 2.05) is 4.90 Å². The van der Waals surface area contributed by atoms with Gasteiger partial charge in [-0.05, 0) is 37.5 Å². The molecule has 0 saturated carbocycles. The molecule has 4 N–H and O–H groups in total. The Labute approximate surface area is 335 Å². The van der Waals surface area contributed by atoms with Crippen LogP contribution in [-0.2, 0) is 14.3 Å². The SMILES string of the molecule is CCCCCCCC(CCCCC)CCCCCCC(O)CN(CCO)CC(O)CCCCC(=O)OCCC(CCCCC)CCCCCCC.O=CO. The molecule has 0 heterocycles. The van der Waals surface area contributed by atoms with Gasteiger partial charge in [0.25, 0.3) is 6.47 Å². The van der Waals surface area contributed by atoms with Crippen molar-refractivity contribution < 1.29 is 34.8 Å². The van der Waals surface area contributed by atoms with Crippen LogP contribution in [0.15, 0.2) is 0 Å². The Balaban J connectivity index is 0. The van der Waals surface area contributed by atoms with Gasteiger partial charge in [0, 0.05) is 26.1 Å². The van der Waals surface area contributed by atoms with Gasteiger partial charge in [-0.3, -0.25) is 14.5 Å². The van der Waals surface area contributed by atoms with Gasteiger partial charge < -0.3 is 25.2 Å². The molecule has 0 fully saturated rings. The van der Waals surface area contributed by atoms with E-state index in [0.717, 1.165) is 31.6 Å². The van der Waals surface area contributed by atoms with Crippen LogP contribution in [0.4, 0.5) is 0 Å². The molecular formula is C46H93NO7. The Kier molecular flexibility index (Phi) is 45.2. The minimum atomic E-state index is -0.530. The van der Waals surface area contributed by atoms with E-state index in [-0.39, 0.29) is 19.0 Å². The highest BCUT2D eigenvalue weighted by Gasteiger charge is 2.16. The topological polar surface area (TPSA) is 128 Å². The van der Waals surface area contributed by atoms with Crippen LogP contribution in [0.3, 0.4) is 0 Å². The molecule has 4 unspecified atom stereocenters. The third-order valence-corrected chi connectivity index (χ3v) is 11.1. The fourth-order valence-electron chi connectivity index (χ4n) is 7.71. The van der Waals surface area contributed by atoms with E-state index in [2.05, 4.69) is 27.7 Å². The number of hydrogen-bond donors (Lipinski definition) is 4. The molecule has 0 aromatic rings. The van der Waals surface area contributed by atoms with Gasteiger partial charge in [-0.2, -0.15) is 0 Å². The molecule has 0 aliphatic rings. The number of unbranched alkanes of at least 4 members (excludes halogenated alkanes) is 16. The average molecular weight is 772 g/mol. The number of nitrogens with zero attached hydrogens (tertiary/aromatic N) is 1. The summed E-state index contributed by atoms with van der Waals surface area (Å²) in [5.41, 5.74) is 0. The maximum Gasteiger partial charge on any atom is 0.305 e. The van der Waals surface area contributed by atoms with E-state index in [4.69, 9.17) is 14.6 Å². The lowest BCUT2D eigenvalue weighted by Gasteiger charge is -2.26. The molecule has 0 saturated heterocycles. The van der Waals surface area contributed by atoms with Gasteiger partial charge in [-0.1, -0.05) is 195 Å². The van der Waals surface area contributed by atoms with Crippen molar-refractivity contribution in [3.8, 4) is 0 Å². The van der Waals surface area contributed by atoms with E-state index in [1.165, 1.54) is 154 Å². The Hall–Kier alpha value is -1.22. The molecule has 0 bridgehead atoms. The third kappa shape index (κ3) is 40.4. The zero-order valence-electron chi connectivity index (χ0n) is 36.3. The van der Waals surface area contributed by atoms with Gasteiger partial charge in [0.05, 0.1) is 25.4 Å². The predicted octanol–water partition coefficient (Wildman–Crippen LogP) is 11.7. The number of aliphatic hydroxyl groups is 3. The molecule has 0 amide bonds. The molecule has 0 aromatic carbocycles. The van der Waals surface area contributed by atoms with Crippen molar-refractivity contribution >= 4 is 12.4 Å². The van der Waals surface area contributed by atoms with Crippen LogP contribution < -0.4 is 0 Å². The van der Waals surface area contributed by atoms with Gasteiger partial charge in [0.15, 0.2) is 0 Å². The lowest BCUT2D eigenvalue weighted by molar-refractivity contribution is -0.144. The van der Waals surface area contributed by atoms with E-state index in [1.54, 1.807) is 0 Å². The summed E-state index contributed by atoms with van der Waals surface area (Å²) in [5.74, 6) is 1.45. The Morgan fingerprint density at radius 3 is 1.28 bits per heavy atom. The maximum absolute atomic E-state index is 12.4. The molecule has 0 aromatic heterocycles. The number of esters is 1. The standard InChI is InChI=1S/C45H91NO5.CH2O2/c1-5-9-13-15-21-29-41(27-19-11-7-3)30-23-17-18-24-32-43(48)39-46(36-37-47)40-44(49)33-25-26-34-45(50)51-38-35-42(28-20-12-8-4)31-22-16-14-10-6-2;2-1-3/h41-44,47-49H,5-40H2,1-4H3;1H,(H,2,3). The highest BCUT2D eigenvalue weighted by atomic mass is 16.5. The predicted molar refractivity (Wildman–Crippen MR) is 228 cm³/mol. The second-order valence-corrected chi connectivity index (χ2v) is 16.3. The normalized spacial score (nSPS) is 13.6. The highest BCUT2D eigenvalue weighted by Crippen LogP contribution is 2.25. The van der Waals surface area contributed by atoms with Crippen molar-refractivity contribution in [2.24, 2.45) is 11.8 Å². The monoisotopic (exact) mass is 772 g/mol. The molecule has 0 radical (unpaired) electrons. The fraction of sp³-hybridized carbons (Fsp3) is 0.957.